The number of benzene rings is 3. The Morgan fingerprint density at radius 3 is 2.65 bits per heavy atom. The van der Waals surface area contributed by atoms with Crippen molar-refractivity contribution in [2.75, 3.05) is 6.61 Å². The number of halogens is 1. The Balaban J connectivity index is 1.95. The van der Waals surface area contributed by atoms with Gasteiger partial charge in [-0.25, -0.2) is 9.18 Å². The maximum Gasteiger partial charge on any atom is 0.337 e. The molecule has 0 unspecified atom stereocenters. The monoisotopic (exact) mass is 499 g/mol. The van der Waals surface area contributed by atoms with Crippen LogP contribution in [0.3, 0.4) is 0 Å². The first-order valence-corrected chi connectivity index (χ1v) is 12.3. The van der Waals surface area contributed by atoms with Gasteiger partial charge in [-0.05, 0) is 98.0 Å². The van der Waals surface area contributed by atoms with E-state index in [2.05, 4.69) is 6.58 Å². The zero-order valence-electron chi connectivity index (χ0n) is 21.7. The van der Waals surface area contributed by atoms with Crippen molar-refractivity contribution in [2.45, 2.75) is 52.7 Å². The fourth-order valence-electron chi connectivity index (χ4n) is 5.22. The van der Waals surface area contributed by atoms with Crippen LogP contribution in [0.5, 0.6) is 5.75 Å². The van der Waals surface area contributed by atoms with Crippen molar-refractivity contribution in [1.82, 2.24) is 4.98 Å². The van der Waals surface area contributed by atoms with Crippen molar-refractivity contribution >= 4 is 33.2 Å². The number of ether oxygens (including phenoxy) is 2. The fraction of sp³-hybridized carbons (Fsp3) is 0.290. The highest BCUT2D eigenvalue weighted by molar-refractivity contribution is 6.09. The number of allylic oxidation sites excluding steroid dienone is 1. The van der Waals surface area contributed by atoms with Gasteiger partial charge in [0.05, 0.1) is 17.7 Å². The van der Waals surface area contributed by atoms with Crippen molar-refractivity contribution < 1.29 is 23.8 Å². The maximum absolute atomic E-state index is 15.4. The highest BCUT2D eigenvalue weighted by atomic mass is 19.1. The molecule has 1 aliphatic heterocycles. The molecule has 1 atom stereocenters. The number of rotatable bonds is 5. The molecule has 190 valence electrons. The number of aryl methyl sites for hydroxylation is 1. The van der Waals surface area contributed by atoms with Crippen LogP contribution in [0.4, 0.5) is 4.39 Å². The third-order valence-electron chi connectivity index (χ3n) is 6.73. The first kappa shape index (κ1) is 24.9. The van der Waals surface area contributed by atoms with Crippen molar-refractivity contribution in [1.29, 1.82) is 0 Å². The summed E-state index contributed by atoms with van der Waals surface area (Å²) >= 11 is 0. The topological polar surface area (TPSA) is 68.7 Å². The van der Waals surface area contributed by atoms with E-state index >= 15 is 4.39 Å². The van der Waals surface area contributed by atoms with Gasteiger partial charge in [-0.15, -0.1) is 0 Å². The number of hydrogen-bond donors (Lipinski definition) is 1. The lowest BCUT2D eigenvalue weighted by molar-refractivity contribution is -0.160. The van der Waals surface area contributed by atoms with Crippen LogP contribution in [0, 0.1) is 12.7 Å². The largest absolute Gasteiger partial charge is 0.493 e. The van der Waals surface area contributed by atoms with E-state index in [1.807, 2.05) is 52.0 Å². The Labute approximate surface area is 215 Å². The van der Waals surface area contributed by atoms with Gasteiger partial charge in [0.25, 0.3) is 0 Å². The van der Waals surface area contributed by atoms with Gasteiger partial charge in [-0.2, -0.15) is 0 Å². The SMILES string of the molecule is C=C(C)c1cc2cc(C)c([C@@H](OC(C)(C)C)C(=O)O)c(-c3ccc4c5c(ccnc35)CCO4)c2cc1F. The van der Waals surface area contributed by atoms with E-state index in [-0.39, 0.29) is 0 Å². The van der Waals surface area contributed by atoms with E-state index < -0.39 is 23.5 Å². The van der Waals surface area contributed by atoms with E-state index in [0.717, 1.165) is 34.1 Å². The summed E-state index contributed by atoms with van der Waals surface area (Å²) in [6, 6.07) is 10.9. The lowest BCUT2D eigenvalue weighted by atomic mass is 9.84. The number of pyridine rings is 1. The molecule has 5 rings (SSSR count). The molecule has 3 aromatic carbocycles. The minimum Gasteiger partial charge on any atom is -0.493 e. The summed E-state index contributed by atoms with van der Waals surface area (Å²) < 4.78 is 27.4. The molecule has 1 aliphatic rings. The summed E-state index contributed by atoms with van der Waals surface area (Å²) in [5, 5.41) is 12.6. The van der Waals surface area contributed by atoms with Crippen LogP contribution in [-0.4, -0.2) is 28.3 Å². The van der Waals surface area contributed by atoms with Crippen LogP contribution in [-0.2, 0) is 16.0 Å². The predicted octanol–water partition coefficient (Wildman–Crippen LogP) is 7.41. The lowest BCUT2D eigenvalue weighted by Gasteiger charge is -2.29. The van der Waals surface area contributed by atoms with Gasteiger partial charge < -0.3 is 14.6 Å². The van der Waals surface area contributed by atoms with Gasteiger partial charge in [0, 0.05) is 34.7 Å². The third kappa shape index (κ3) is 4.36. The minimum atomic E-state index is -1.27. The molecule has 1 N–H and O–H groups in total. The molecule has 2 heterocycles. The Kier molecular flexibility index (Phi) is 6.03. The standard InChI is InChI=1S/C31H30FNO4/c1-16(2)21-14-19-13-17(3)25(29(30(34)35)37-31(4,5)6)27(22(19)15-23(21)32)20-7-8-24-26-18(10-12-36-24)9-11-33-28(20)26/h7-9,11,13-15,29H,1,10,12H2,2-6H3,(H,34,35)/t29-/m1/s1. The summed E-state index contributed by atoms with van der Waals surface area (Å²) in [5.41, 5.74) is 4.63. The normalized spacial score (nSPS) is 14.0. The quantitative estimate of drug-likeness (QED) is 0.310. The number of aliphatic carboxylic acids is 1. The Bertz CT molecular complexity index is 1590. The van der Waals surface area contributed by atoms with Crippen molar-refractivity contribution in [3.8, 4) is 16.9 Å². The maximum atomic E-state index is 15.4. The highest BCUT2D eigenvalue weighted by Crippen LogP contribution is 2.45. The number of hydrogen-bond acceptors (Lipinski definition) is 4. The Morgan fingerprint density at radius 2 is 1.97 bits per heavy atom. The zero-order chi connectivity index (χ0) is 26.6. The van der Waals surface area contributed by atoms with Crippen LogP contribution in [0.1, 0.15) is 56.1 Å². The number of carboxylic acids is 1. The molecular formula is C31H30FNO4. The van der Waals surface area contributed by atoms with Gasteiger partial charge in [0.2, 0.25) is 0 Å². The van der Waals surface area contributed by atoms with Crippen LogP contribution in [0.15, 0.2) is 49.2 Å². The summed E-state index contributed by atoms with van der Waals surface area (Å²) in [5.74, 6) is -0.793. The molecular weight excluding hydrogens is 469 g/mol. The Morgan fingerprint density at radius 1 is 1.22 bits per heavy atom. The van der Waals surface area contributed by atoms with Crippen molar-refractivity contribution in [2.24, 2.45) is 0 Å². The van der Waals surface area contributed by atoms with Crippen molar-refractivity contribution in [3.05, 3.63) is 77.2 Å². The molecule has 0 saturated carbocycles. The average molecular weight is 500 g/mol. The number of carbonyl (C=O) groups is 1. The smallest absolute Gasteiger partial charge is 0.337 e. The molecule has 0 fully saturated rings. The average Bonchev–Trinajstić information content (AvgIpc) is 2.82. The van der Waals surface area contributed by atoms with Crippen LogP contribution >= 0.6 is 0 Å². The molecule has 0 bridgehead atoms. The van der Waals surface area contributed by atoms with Crippen molar-refractivity contribution in [3.63, 3.8) is 0 Å². The van der Waals surface area contributed by atoms with Gasteiger partial charge in [0.1, 0.15) is 11.6 Å². The fourth-order valence-corrected chi connectivity index (χ4v) is 5.22. The molecule has 0 aliphatic carbocycles. The molecule has 37 heavy (non-hydrogen) atoms. The van der Waals surface area contributed by atoms with Crippen LogP contribution in [0.25, 0.3) is 38.4 Å². The molecule has 0 radical (unpaired) electrons. The van der Waals surface area contributed by atoms with E-state index in [4.69, 9.17) is 14.5 Å². The second kappa shape index (κ2) is 8.96. The number of nitrogens with zero attached hydrogens (tertiary/aromatic N) is 1. The predicted molar refractivity (Wildman–Crippen MR) is 145 cm³/mol. The molecule has 6 heteroatoms. The molecule has 4 aromatic rings. The van der Waals surface area contributed by atoms with Crippen LogP contribution < -0.4 is 4.74 Å². The Hall–Kier alpha value is -3.77. The highest BCUT2D eigenvalue weighted by Gasteiger charge is 2.33. The summed E-state index contributed by atoms with van der Waals surface area (Å²) in [7, 11) is 0. The minimum absolute atomic E-state index is 0.418. The summed E-state index contributed by atoms with van der Waals surface area (Å²) in [4.78, 5) is 17.4. The molecule has 5 nitrogen and oxygen atoms in total. The molecule has 0 amide bonds. The van der Waals surface area contributed by atoms with Gasteiger partial charge >= 0.3 is 5.97 Å². The number of aromatic nitrogens is 1. The summed E-state index contributed by atoms with van der Waals surface area (Å²) in [6.07, 6.45) is 1.23. The first-order chi connectivity index (χ1) is 17.5. The van der Waals surface area contributed by atoms with Gasteiger partial charge in [-0.1, -0.05) is 12.6 Å². The van der Waals surface area contributed by atoms with E-state index in [9.17, 15) is 9.90 Å². The van der Waals surface area contributed by atoms with E-state index in [1.165, 1.54) is 6.07 Å². The second-order valence-corrected chi connectivity index (χ2v) is 10.7. The molecule has 1 aromatic heterocycles. The first-order valence-electron chi connectivity index (χ1n) is 12.3. The second-order valence-electron chi connectivity index (χ2n) is 10.7. The molecule has 0 saturated heterocycles. The number of fused-ring (bicyclic) bond motifs is 1. The number of carboxylic acid groups (broad SMARTS) is 1. The third-order valence-corrected chi connectivity index (χ3v) is 6.73. The molecule has 0 spiro atoms. The lowest BCUT2D eigenvalue weighted by Crippen LogP contribution is -2.28. The zero-order valence-corrected chi connectivity index (χ0v) is 21.7. The summed E-state index contributed by atoms with van der Waals surface area (Å²) in [6.45, 7) is 13.6. The van der Waals surface area contributed by atoms with E-state index in [0.29, 0.717) is 45.3 Å². The van der Waals surface area contributed by atoms with E-state index in [1.54, 1.807) is 19.2 Å². The van der Waals surface area contributed by atoms with Gasteiger partial charge in [-0.3, -0.25) is 4.98 Å². The van der Waals surface area contributed by atoms with Crippen LogP contribution in [0.2, 0.25) is 0 Å². The van der Waals surface area contributed by atoms with Gasteiger partial charge in [0.15, 0.2) is 6.10 Å².